The molecule has 0 bridgehead atoms. The highest BCUT2D eigenvalue weighted by Gasteiger charge is 2.32. The number of hydrogen-bond donors (Lipinski definition) is 1. The van der Waals surface area contributed by atoms with Crippen molar-refractivity contribution in [3.05, 3.63) is 33.4 Å². The van der Waals surface area contributed by atoms with Crippen LogP contribution in [0.3, 0.4) is 0 Å². The summed E-state index contributed by atoms with van der Waals surface area (Å²) in [5.41, 5.74) is 1.48. The fourth-order valence-corrected chi connectivity index (χ4v) is 2.63. The van der Waals surface area contributed by atoms with E-state index in [9.17, 15) is 0 Å². The summed E-state index contributed by atoms with van der Waals surface area (Å²) in [6, 6.07) is 9.30. The molecule has 0 aliphatic heterocycles. The molecule has 1 nitrogen and oxygen atoms in total. The molecule has 1 fully saturated rings. The predicted molar refractivity (Wildman–Crippen MR) is 68.3 cm³/mol. The zero-order chi connectivity index (χ0) is 9.97. The predicted octanol–water partition coefficient (Wildman–Crippen LogP) is 3.35. The van der Waals surface area contributed by atoms with Crippen LogP contribution in [0.15, 0.2) is 24.3 Å². The van der Waals surface area contributed by atoms with Gasteiger partial charge in [0, 0.05) is 9.61 Å². The molecule has 14 heavy (non-hydrogen) atoms. The molecule has 0 heterocycles. The first kappa shape index (κ1) is 10.4. The fraction of sp³-hybridized carbons (Fsp3) is 0.500. The Morgan fingerprint density at radius 3 is 2.71 bits per heavy atom. The van der Waals surface area contributed by atoms with Gasteiger partial charge in [0.15, 0.2) is 0 Å². The van der Waals surface area contributed by atoms with Crippen molar-refractivity contribution < 1.29 is 0 Å². The highest BCUT2D eigenvalue weighted by molar-refractivity contribution is 14.1. The van der Waals surface area contributed by atoms with Crippen LogP contribution in [-0.4, -0.2) is 6.54 Å². The van der Waals surface area contributed by atoms with Crippen LogP contribution in [0.25, 0.3) is 0 Å². The molecule has 1 aromatic carbocycles. The monoisotopic (exact) mass is 301 g/mol. The van der Waals surface area contributed by atoms with Crippen LogP contribution in [-0.2, 0) is 0 Å². The zero-order valence-electron chi connectivity index (χ0n) is 8.46. The Morgan fingerprint density at radius 2 is 2.14 bits per heavy atom. The maximum absolute atomic E-state index is 3.60. The van der Waals surface area contributed by atoms with E-state index in [0.717, 1.165) is 12.5 Å². The van der Waals surface area contributed by atoms with E-state index in [-0.39, 0.29) is 0 Å². The second-order valence-electron chi connectivity index (χ2n) is 3.89. The van der Waals surface area contributed by atoms with Gasteiger partial charge in [-0.15, -0.1) is 0 Å². The Kier molecular flexibility index (Phi) is 3.44. The third-order valence-electron chi connectivity index (χ3n) is 2.76. The van der Waals surface area contributed by atoms with Crippen molar-refractivity contribution in [1.82, 2.24) is 5.32 Å². The van der Waals surface area contributed by atoms with Crippen LogP contribution in [0.1, 0.15) is 31.4 Å². The first-order chi connectivity index (χ1) is 6.83. The molecule has 2 heteroatoms. The van der Waals surface area contributed by atoms with Crippen molar-refractivity contribution in [1.29, 1.82) is 0 Å². The fourth-order valence-electron chi connectivity index (χ4n) is 1.91. The number of nitrogens with one attached hydrogen (secondary N) is 1. The van der Waals surface area contributed by atoms with Gasteiger partial charge in [-0.3, -0.25) is 0 Å². The molecule has 0 aromatic heterocycles. The van der Waals surface area contributed by atoms with E-state index in [4.69, 9.17) is 0 Å². The van der Waals surface area contributed by atoms with Crippen molar-refractivity contribution in [2.45, 2.75) is 25.8 Å². The smallest absolute Gasteiger partial charge is 0.0359 e. The molecule has 1 unspecified atom stereocenters. The zero-order valence-corrected chi connectivity index (χ0v) is 10.6. The van der Waals surface area contributed by atoms with Crippen LogP contribution in [0.4, 0.5) is 0 Å². The van der Waals surface area contributed by atoms with Crippen molar-refractivity contribution >= 4 is 22.6 Å². The van der Waals surface area contributed by atoms with Gasteiger partial charge >= 0.3 is 0 Å². The topological polar surface area (TPSA) is 12.0 Å². The van der Waals surface area contributed by atoms with Crippen molar-refractivity contribution in [2.24, 2.45) is 5.92 Å². The van der Waals surface area contributed by atoms with Gasteiger partial charge < -0.3 is 5.32 Å². The lowest BCUT2D eigenvalue weighted by atomic mass is 10.0. The number of benzene rings is 1. The third kappa shape index (κ3) is 2.28. The summed E-state index contributed by atoms with van der Waals surface area (Å²) in [5.74, 6) is 0.880. The minimum atomic E-state index is 0.591. The molecule has 1 atom stereocenters. The highest BCUT2D eigenvalue weighted by atomic mass is 127. The third-order valence-corrected chi connectivity index (χ3v) is 3.74. The Balaban J connectivity index is 2.21. The minimum absolute atomic E-state index is 0.591. The molecule has 1 saturated carbocycles. The van der Waals surface area contributed by atoms with Gasteiger partial charge in [0.1, 0.15) is 0 Å². The van der Waals surface area contributed by atoms with Crippen LogP contribution >= 0.6 is 22.6 Å². The molecule has 1 aliphatic carbocycles. The summed E-state index contributed by atoms with van der Waals surface area (Å²) < 4.78 is 1.39. The van der Waals surface area contributed by atoms with Gasteiger partial charge in [-0.25, -0.2) is 0 Å². The molecule has 0 spiro atoms. The minimum Gasteiger partial charge on any atom is -0.310 e. The van der Waals surface area contributed by atoms with E-state index in [0.29, 0.717) is 6.04 Å². The second-order valence-corrected chi connectivity index (χ2v) is 5.06. The molecule has 1 aromatic rings. The number of hydrogen-bond acceptors (Lipinski definition) is 1. The molecular weight excluding hydrogens is 285 g/mol. The Morgan fingerprint density at radius 1 is 1.43 bits per heavy atom. The van der Waals surface area contributed by atoms with E-state index in [1.807, 2.05) is 0 Å². The van der Waals surface area contributed by atoms with Gasteiger partial charge in [0.25, 0.3) is 0 Å². The summed E-state index contributed by atoms with van der Waals surface area (Å²) in [6.07, 6.45) is 2.78. The SMILES string of the molecule is CCNC(c1ccccc1I)C1CC1. The molecule has 0 saturated heterocycles. The molecule has 0 amide bonds. The van der Waals surface area contributed by atoms with Gasteiger partial charge in [-0.1, -0.05) is 25.1 Å². The van der Waals surface area contributed by atoms with E-state index in [1.165, 1.54) is 22.0 Å². The van der Waals surface area contributed by atoms with E-state index < -0.39 is 0 Å². The number of halogens is 1. The molecular formula is C12H16IN. The first-order valence-corrected chi connectivity index (χ1v) is 6.38. The Labute approximate surface area is 99.4 Å². The van der Waals surface area contributed by atoms with Gasteiger partial charge in [-0.2, -0.15) is 0 Å². The maximum Gasteiger partial charge on any atom is 0.0359 e. The number of rotatable bonds is 4. The summed E-state index contributed by atoms with van der Waals surface area (Å²) in [4.78, 5) is 0. The van der Waals surface area contributed by atoms with Gasteiger partial charge in [0.2, 0.25) is 0 Å². The van der Waals surface area contributed by atoms with Gasteiger partial charge in [-0.05, 0) is 59.5 Å². The lowest BCUT2D eigenvalue weighted by Crippen LogP contribution is -2.23. The highest BCUT2D eigenvalue weighted by Crippen LogP contribution is 2.41. The molecule has 76 valence electrons. The van der Waals surface area contributed by atoms with E-state index >= 15 is 0 Å². The first-order valence-electron chi connectivity index (χ1n) is 5.30. The maximum atomic E-state index is 3.60. The van der Waals surface area contributed by atoms with Crippen LogP contribution in [0.5, 0.6) is 0 Å². The second kappa shape index (κ2) is 4.62. The van der Waals surface area contributed by atoms with Crippen LogP contribution < -0.4 is 5.32 Å². The summed E-state index contributed by atoms with van der Waals surface area (Å²) >= 11 is 2.44. The van der Waals surface area contributed by atoms with E-state index in [2.05, 4.69) is 59.1 Å². The van der Waals surface area contributed by atoms with Crippen molar-refractivity contribution in [3.63, 3.8) is 0 Å². The normalized spacial score (nSPS) is 18.1. The van der Waals surface area contributed by atoms with Crippen molar-refractivity contribution in [2.75, 3.05) is 6.54 Å². The summed E-state index contributed by atoms with van der Waals surface area (Å²) in [6.45, 7) is 3.25. The molecule has 2 rings (SSSR count). The van der Waals surface area contributed by atoms with Gasteiger partial charge in [0.05, 0.1) is 0 Å². The van der Waals surface area contributed by atoms with Crippen LogP contribution in [0, 0.1) is 9.49 Å². The molecule has 1 N–H and O–H groups in total. The summed E-state index contributed by atoms with van der Waals surface area (Å²) in [5, 5.41) is 3.60. The van der Waals surface area contributed by atoms with Crippen molar-refractivity contribution in [3.8, 4) is 0 Å². The molecule has 0 radical (unpaired) electrons. The quantitative estimate of drug-likeness (QED) is 0.841. The van der Waals surface area contributed by atoms with Crippen LogP contribution in [0.2, 0.25) is 0 Å². The average molecular weight is 301 g/mol. The lowest BCUT2D eigenvalue weighted by molar-refractivity contribution is 0.494. The lowest BCUT2D eigenvalue weighted by Gasteiger charge is -2.19. The average Bonchev–Trinajstić information content (AvgIpc) is 2.99. The Bertz CT molecular complexity index is 307. The van der Waals surface area contributed by atoms with E-state index in [1.54, 1.807) is 0 Å². The Hall–Kier alpha value is -0.0900. The standard InChI is InChI=1S/C12H16IN/c1-2-14-12(9-7-8-9)10-5-3-4-6-11(10)13/h3-6,9,12,14H,2,7-8H2,1H3. The largest absolute Gasteiger partial charge is 0.310 e. The molecule has 1 aliphatic rings. The summed E-state index contributed by atoms with van der Waals surface area (Å²) in [7, 11) is 0.